The van der Waals surface area contributed by atoms with E-state index in [1.807, 2.05) is 31.2 Å². The number of benzene rings is 2. The topological polar surface area (TPSA) is 50.8 Å². The zero-order chi connectivity index (χ0) is 18.8. The van der Waals surface area contributed by atoms with E-state index in [9.17, 15) is 4.79 Å². The van der Waals surface area contributed by atoms with Gasteiger partial charge < -0.3 is 14.8 Å². The summed E-state index contributed by atoms with van der Waals surface area (Å²) in [6, 6.07) is 11.9. The standard InChI is InChI=1S/C21H23ClN2O3/c1-14-16(22)4-2-5-17(14)23-21(25)13-24-9-3-6-18(24)15-7-8-19-20(12-15)27-11-10-26-19/h2,4-5,7-8,12,18H,3,6,9-11,13H2,1H3,(H,23,25). The molecule has 0 aliphatic carbocycles. The molecule has 1 unspecified atom stereocenters. The van der Waals surface area contributed by atoms with Crippen molar-refractivity contribution in [2.24, 2.45) is 0 Å². The Morgan fingerprint density at radius 3 is 2.89 bits per heavy atom. The van der Waals surface area contributed by atoms with Crippen LogP contribution in [0.5, 0.6) is 11.5 Å². The number of carbonyl (C=O) groups is 1. The van der Waals surface area contributed by atoms with Gasteiger partial charge in [0.2, 0.25) is 5.91 Å². The van der Waals surface area contributed by atoms with Crippen molar-refractivity contribution in [1.29, 1.82) is 0 Å². The van der Waals surface area contributed by atoms with Gasteiger partial charge in [-0.2, -0.15) is 0 Å². The fourth-order valence-corrected chi connectivity index (χ4v) is 3.95. The molecule has 1 atom stereocenters. The molecule has 2 aliphatic heterocycles. The second-order valence-electron chi connectivity index (χ2n) is 6.99. The van der Waals surface area contributed by atoms with Crippen LogP contribution in [0.3, 0.4) is 0 Å². The lowest BCUT2D eigenvalue weighted by Gasteiger charge is -2.26. The third-order valence-corrected chi connectivity index (χ3v) is 5.61. The summed E-state index contributed by atoms with van der Waals surface area (Å²) in [5.41, 5.74) is 2.82. The maximum atomic E-state index is 12.6. The smallest absolute Gasteiger partial charge is 0.238 e. The Balaban J connectivity index is 1.45. The minimum Gasteiger partial charge on any atom is -0.486 e. The predicted molar refractivity (Wildman–Crippen MR) is 106 cm³/mol. The van der Waals surface area contributed by atoms with Crippen molar-refractivity contribution in [2.45, 2.75) is 25.8 Å². The lowest BCUT2D eigenvalue weighted by molar-refractivity contribution is -0.117. The van der Waals surface area contributed by atoms with E-state index in [0.717, 1.165) is 42.1 Å². The largest absolute Gasteiger partial charge is 0.486 e. The van der Waals surface area contributed by atoms with Gasteiger partial charge in [-0.05, 0) is 61.7 Å². The van der Waals surface area contributed by atoms with Crippen LogP contribution in [0.4, 0.5) is 5.69 Å². The van der Waals surface area contributed by atoms with E-state index in [-0.39, 0.29) is 11.9 Å². The molecule has 1 amide bonds. The molecule has 27 heavy (non-hydrogen) atoms. The molecule has 0 spiro atoms. The first-order valence-corrected chi connectivity index (χ1v) is 9.68. The summed E-state index contributed by atoms with van der Waals surface area (Å²) in [4.78, 5) is 14.8. The molecule has 0 bridgehead atoms. The fraction of sp³-hybridized carbons (Fsp3) is 0.381. The highest BCUT2D eigenvalue weighted by Crippen LogP contribution is 2.38. The third kappa shape index (κ3) is 3.89. The number of fused-ring (bicyclic) bond motifs is 1. The maximum Gasteiger partial charge on any atom is 0.238 e. The first-order valence-electron chi connectivity index (χ1n) is 9.30. The van der Waals surface area contributed by atoms with E-state index >= 15 is 0 Å². The number of nitrogens with one attached hydrogen (secondary N) is 1. The van der Waals surface area contributed by atoms with Crippen LogP contribution in [-0.2, 0) is 4.79 Å². The quantitative estimate of drug-likeness (QED) is 0.855. The summed E-state index contributed by atoms with van der Waals surface area (Å²) >= 11 is 6.15. The lowest BCUT2D eigenvalue weighted by Crippen LogP contribution is -2.33. The lowest BCUT2D eigenvalue weighted by atomic mass is 10.0. The van der Waals surface area contributed by atoms with Crippen LogP contribution >= 0.6 is 11.6 Å². The molecule has 2 heterocycles. The molecular formula is C21H23ClN2O3. The maximum absolute atomic E-state index is 12.6. The molecular weight excluding hydrogens is 364 g/mol. The van der Waals surface area contributed by atoms with Crippen LogP contribution in [0.25, 0.3) is 0 Å². The molecule has 4 rings (SSSR count). The summed E-state index contributed by atoms with van der Waals surface area (Å²) < 4.78 is 11.3. The number of anilines is 1. The number of ether oxygens (including phenoxy) is 2. The fourth-order valence-electron chi connectivity index (χ4n) is 3.78. The normalized spacial score (nSPS) is 19.1. The molecule has 0 radical (unpaired) electrons. The summed E-state index contributed by atoms with van der Waals surface area (Å²) in [5.74, 6) is 1.57. The van der Waals surface area contributed by atoms with Gasteiger partial charge in [-0.25, -0.2) is 0 Å². The van der Waals surface area contributed by atoms with Crippen molar-refractivity contribution in [2.75, 3.05) is 31.6 Å². The van der Waals surface area contributed by atoms with E-state index in [0.29, 0.717) is 24.8 Å². The monoisotopic (exact) mass is 386 g/mol. The van der Waals surface area contributed by atoms with E-state index < -0.39 is 0 Å². The van der Waals surface area contributed by atoms with Gasteiger partial charge in [0.1, 0.15) is 13.2 Å². The molecule has 2 aromatic rings. The number of carbonyl (C=O) groups excluding carboxylic acids is 1. The van der Waals surface area contributed by atoms with Gasteiger partial charge in [-0.15, -0.1) is 0 Å². The van der Waals surface area contributed by atoms with E-state index in [1.165, 1.54) is 5.56 Å². The van der Waals surface area contributed by atoms with Gasteiger partial charge >= 0.3 is 0 Å². The molecule has 1 N–H and O–H groups in total. The van der Waals surface area contributed by atoms with Crippen LogP contribution in [0.2, 0.25) is 5.02 Å². The van der Waals surface area contributed by atoms with E-state index in [1.54, 1.807) is 0 Å². The van der Waals surface area contributed by atoms with Crippen LogP contribution in [0.15, 0.2) is 36.4 Å². The number of likely N-dealkylation sites (tertiary alicyclic amines) is 1. The summed E-state index contributed by atoms with van der Waals surface area (Å²) in [6.07, 6.45) is 2.10. The first kappa shape index (κ1) is 18.1. The van der Waals surface area contributed by atoms with Crippen LogP contribution in [0.1, 0.15) is 30.0 Å². The number of hydrogen-bond donors (Lipinski definition) is 1. The molecule has 5 nitrogen and oxygen atoms in total. The van der Waals surface area contributed by atoms with Crippen molar-refractivity contribution >= 4 is 23.2 Å². The number of halogens is 1. The second kappa shape index (κ2) is 7.79. The summed E-state index contributed by atoms with van der Waals surface area (Å²) in [6.45, 7) is 4.33. The van der Waals surface area contributed by atoms with E-state index in [4.69, 9.17) is 21.1 Å². The average molecular weight is 387 g/mol. The summed E-state index contributed by atoms with van der Waals surface area (Å²) in [7, 11) is 0. The highest BCUT2D eigenvalue weighted by molar-refractivity contribution is 6.31. The minimum atomic E-state index is -0.0233. The Labute approximate surface area is 164 Å². The van der Waals surface area contributed by atoms with Crippen molar-refractivity contribution in [1.82, 2.24) is 4.90 Å². The molecule has 1 saturated heterocycles. The first-order chi connectivity index (χ1) is 13.1. The number of hydrogen-bond acceptors (Lipinski definition) is 4. The molecule has 2 aromatic carbocycles. The predicted octanol–water partition coefficient (Wildman–Crippen LogP) is 4.20. The Morgan fingerprint density at radius 1 is 1.22 bits per heavy atom. The third-order valence-electron chi connectivity index (χ3n) is 5.20. The van der Waals surface area contributed by atoms with Crippen LogP contribution in [0, 0.1) is 6.92 Å². The van der Waals surface area contributed by atoms with Gasteiger partial charge in [0.25, 0.3) is 0 Å². The van der Waals surface area contributed by atoms with Gasteiger partial charge in [-0.1, -0.05) is 23.7 Å². The van der Waals surface area contributed by atoms with Gasteiger partial charge in [-0.3, -0.25) is 9.69 Å². The van der Waals surface area contributed by atoms with Gasteiger partial charge in [0.15, 0.2) is 11.5 Å². The highest BCUT2D eigenvalue weighted by Gasteiger charge is 2.28. The highest BCUT2D eigenvalue weighted by atomic mass is 35.5. The Hall–Kier alpha value is -2.24. The summed E-state index contributed by atoms with van der Waals surface area (Å²) in [5, 5.41) is 3.65. The van der Waals surface area contributed by atoms with Gasteiger partial charge in [0, 0.05) is 16.8 Å². The molecule has 2 aliphatic rings. The van der Waals surface area contributed by atoms with E-state index in [2.05, 4.69) is 22.3 Å². The Kier molecular flexibility index (Phi) is 5.23. The molecule has 6 heteroatoms. The minimum absolute atomic E-state index is 0.0233. The average Bonchev–Trinajstić information content (AvgIpc) is 3.13. The van der Waals surface area contributed by atoms with Crippen LogP contribution in [-0.4, -0.2) is 37.1 Å². The van der Waals surface area contributed by atoms with Crippen molar-refractivity contribution in [3.05, 3.63) is 52.5 Å². The second-order valence-corrected chi connectivity index (χ2v) is 7.40. The number of rotatable bonds is 4. The zero-order valence-corrected chi connectivity index (χ0v) is 16.1. The Bertz CT molecular complexity index is 855. The van der Waals surface area contributed by atoms with Crippen molar-refractivity contribution in [3.8, 4) is 11.5 Å². The Morgan fingerprint density at radius 2 is 2.04 bits per heavy atom. The molecule has 0 aromatic heterocycles. The zero-order valence-electron chi connectivity index (χ0n) is 15.3. The molecule has 1 fully saturated rings. The van der Waals surface area contributed by atoms with Crippen molar-refractivity contribution < 1.29 is 14.3 Å². The van der Waals surface area contributed by atoms with Gasteiger partial charge in [0.05, 0.1) is 6.54 Å². The number of nitrogens with zero attached hydrogens (tertiary/aromatic N) is 1. The van der Waals surface area contributed by atoms with Crippen molar-refractivity contribution in [3.63, 3.8) is 0 Å². The number of amides is 1. The molecule has 142 valence electrons. The van der Waals surface area contributed by atoms with Crippen LogP contribution < -0.4 is 14.8 Å². The SMILES string of the molecule is Cc1c(Cl)cccc1NC(=O)CN1CCCC1c1ccc2c(c1)OCCO2. The molecule has 0 saturated carbocycles.